The normalized spacial score (nSPS) is 21.0. The maximum Gasteiger partial charge on any atom is 0.495 e. The Kier molecular flexibility index (Phi) is 4.55. The molecule has 0 unspecified atom stereocenters. The third-order valence-corrected chi connectivity index (χ3v) is 6.66. The van der Waals surface area contributed by atoms with Crippen LogP contribution in [0.15, 0.2) is 66.7 Å². The van der Waals surface area contributed by atoms with Gasteiger partial charge >= 0.3 is 7.12 Å². The minimum Gasteiger partial charge on any atom is -0.404 e. The van der Waals surface area contributed by atoms with E-state index in [9.17, 15) is 8.78 Å². The van der Waals surface area contributed by atoms with Crippen LogP contribution in [0.3, 0.4) is 0 Å². The van der Waals surface area contributed by atoms with Gasteiger partial charge in [0.15, 0.2) is 0 Å². The van der Waals surface area contributed by atoms with Crippen molar-refractivity contribution >= 4 is 34.1 Å². The molecule has 2 bridgehead atoms. The van der Waals surface area contributed by atoms with Crippen molar-refractivity contribution in [2.24, 2.45) is 0 Å². The summed E-state index contributed by atoms with van der Waals surface area (Å²) in [6, 6.07) is 19.7. The Morgan fingerprint density at radius 1 is 0.677 bits per heavy atom. The van der Waals surface area contributed by atoms with E-state index in [1.807, 2.05) is 48.5 Å². The third kappa shape index (κ3) is 3.15. The van der Waals surface area contributed by atoms with Gasteiger partial charge in [-0.05, 0) is 64.8 Å². The molecule has 31 heavy (non-hydrogen) atoms. The lowest BCUT2D eigenvalue weighted by molar-refractivity contribution is 0.161. The first-order valence-electron chi connectivity index (χ1n) is 10.9. The van der Waals surface area contributed by atoms with Crippen molar-refractivity contribution in [1.29, 1.82) is 0 Å². The molecule has 7 rings (SSSR count). The van der Waals surface area contributed by atoms with Crippen LogP contribution in [0, 0.1) is 11.6 Å². The van der Waals surface area contributed by atoms with Crippen molar-refractivity contribution in [3.05, 3.63) is 78.4 Å². The van der Waals surface area contributed by atoms with Crippen molar-refractivity contribution in [1.82, 2.24) is 0 Å². The maximum absolute atomic E-state index is 14.9. The monoisotopic (exact) mass is 414 g/mol. The van der Waals surface area contributed by atoms with E-state index in [0.717, 1.165) is 64.3 Å². The maximum atomic E-state index is 14.9. The molecule has 0 aromatic heterocycles. The highest BCUT2D eigenvalue weighted by atomic mass is 19.1. The number of benzene rings is 4. The van der Waals surface area contributed by atoms with Crippen molar-refractivity contribution < 1.29 is 18.1 Å². The van der Waals surface area contributed by atoms with Gasteiger partial charge < -0.3 is 9.31 Å². The molecule has 154 valence electrons. The van der Waals surface area contributed by atoms with E-state index in [-0.39, 0.29) is 12.2 Å². The van der Waals surface area contributed by atoms with E-state index >= 15 is 0 Å². The molecular weight excluding hydrogens is 393 g/mol. The highest BCUT2D eigenvalue weighted by Crippen LogP contribution is 2.38. The molecule has 0 amide bonds. The van der Waals surface area contributed by atoms with E-state index in [1.54, 1.807) is 0 Å². The lowest BCUT2D eigenvalue weighted by Gasteiger charge is -2.21. The van der Waals surface area contributed by atoms with Gasteiger partial charge in [-0.2, -0.15) is 0 Å². The highest BCUT2D eigenvalue weighted by molar-refractivity contribution is 6.68. The van der Waals surface area contributed by atoms with Crippen LogP contribution >= 0.6 is 0 Å². The summed E-state index contributed by atoms with van der Waals surface area (Å²) >= 11 is 0. The second kappa shape index (κ2) is 7.43. The second-order valence-electron chi connectivity index (χ2n) is 8.51. The number of hydrogen-bond donors (Lipinski definition) is 0. The summed E-state index contributed by atoms with van der Waals surface area (Å²) < 4.78 is 41.5. The average Bonchev–Trinajstić information content (AvgIpc) is 3.11. The summed E-state index contributed by atoms with van der Waals surface area (Å²) in [5.41, 5.74) is 2.16. The minimum absolute atomic E-state index is 0.204. The summed E-state index contributed by atoms with van der Waals surface area (Å²) in [5, 5.41) is 3.77. The van der Waals surface area contributed by atoms with E-state index in [2.05, 4.69) is 0 Å². The molecule has 2 nitrogen and oxygen atoms in total. The fraction of sp³-hybridized carbons (Fsp3) is 0.231. The molecule has 2 saturated heterocycles. The number of rotatable bonds is 2. The third-order valence-electron chi connectivity index (χ3n) is 6.66. The first-order valence-corrected chi connectivity index (χ1v) is 10.9. The predicted molar refractivity (Wildman–Crippen MR) is 120 cm³/mol. The van der Waals surface area contributed by atoms with Crippen LogP contribution in [-0.2, 0) is 9.31 Å². The fourth-order valence-electron chi connectivity index (χ4n) is 5.22. The van der Waals surface area contributed by atoms with Crippen LogP contribution in [0.4, 0.5) is 8.78 Å². The SMILES string of the molecule is Fc1ccc(-c2c3ccccc3c(B3OC4CCC(CC4)O3)c3ccccc23)c(F)c1. The fourth-order valence-corrected chi connectivity index (χ4v) is 5.22. The molecule has 4 aromatic rings. The van der Waals surface area contributed by atoms with E-state index in [0.29, 0.717) is 5.56 Å². The van der Waals surface area contributed by atoms with Gasteiger partial charge in [0.2, 0.25) is 0 Å². The number of halogens is 2. The summed E-state index contributed by atoms with van der Waals surface area (Å²) in [6.45, 7) is 0. The van der Waals surface area contributed by atoms with Gasteiger partial charge in [0.25, 0.3) is 0 Å². The molecule has 1 saturated carbocycles. The summed E-state index contributed by atoms with van der Waals surface area (Å²) in [6.07, 6.45) is 4.50. The van der Waals surface area contributed by atoms with Crippen molar-refractivity contribution in [3.8, 4) is 11.1 Å². The largest absolute Gasteiger partial charge is 0.495 e. The van der Waals surface area contributed by atoms with Crippen molar-refractivity contribution in [3.63, 3.8) is 0 Å². The van der Waals surface area contributed by atoms with Gasteiger partial charge in [0, 0.05) is 29.4 Å². The smallest absolute Gasteiger partial charge is 0.404 e. The first-order chi connectivity index (χ1) is 15.2. The molecule has 3 aliphatic rings. The van der Waals surface area contributed by atoms with Crippen LogP contribution in [0.5, 0.6) is 0 Å². The Morgan fingerprint density at radius 3 is 1.71 bits per heavy atom. The molecule has 5 heteroatoms. The molecule has 4 aromatic carbocycles. The average molecular weight is 414 g/mol. The van der Waals surface area contributed by atoms with Gasteiger partial charge in [-0.15, -0.1) is 0 Å². The molecular formula is C26H21BF2O2. The topological polar surface area (TPSA) is 18.5 Å². The molecule has 2 heterocycles. The standard InChI is InChI=1S/C26H21BF2O2/c28-16-9-14-23(24(29)15-16)25-19-5-1-3-7-21(19)26(22-8-4-2-6-20(22)25)27-30-17-10-11-18(31-27)13-12-17/h1-9,14-15,17-18H,10-13H2. The van der Waals surface area contributed by atoms with E-state index < -0.39 is 18.8 Å². The van der Waals surface area contributed by atoms with Gasteiger partial charge in [-0.1, -0.05) is 48.5 Å². The Morgan fingerprint density at radius 2 is 1.19 bits per heavy atom. The molecule has 0 radical (unpaired) electrons. The predicted octanol–water partition coefficient (Wildman–Crippen LogP) is 5.99. The Labute approximate surface area is 179 Å². The zero-order valence-corrected chi connectivity index (χ0v) is 17.0. The van der Waals surface area contributed by atoms with Crippen molar-refractivity contribution in [2.75, 3.05) is 0 Å². The zero-order valence-electron chi connectivity index (χ0n) is 17.0. The quantitative estimate of drug-likeness (QED) is 0.296. The molecule has 0 spiro atoms. The first kappa shape index (κ1) is 19.0. The van der Waals surface area contributed by atoms with E-state index in [4.69, 9.17) is 9.31 Å². The molecule has 1 aliphatic carbocycles. The van der Waals surface area contributed by atoms with Crippen LogP contribution in [0.2, 0.25) is 0 Å². The van der Waals surface area contributed by atoms with Crippen LogP contribution < -0.4 is 5.46 Å². The van der Waals surface area contributed by atoms with Crippen molar-refractivity contribution in [2.45, 2.75) is 37.9 Å². The summed E-state index contributed by atoms with van der Waals surface area (Å²) in [4.78, 5) is 0. The second-order valence-corrected chi connectivity index (χ2v) is 8.51. The van der Waals surface area contributed by atoms with Gasteiger partial charge in [-0.25, -0.2) is 8.78 Å². The molecule has 2 aliphatic heterocycles. The van der Waals surface area contributed by atoms with Gasteiger partial charge in [-0.3, -0.25) is 0 Å². The minimum atomic E-state index is -0.581. The zero-order chi connectivity index (χ0) is 20.9. The van der Waals surface area contributed by atoms with Gasteiger partial charge in [0.1, 0.15) is 11.6 Å². The highest BCUT2D eigenvalue weighted by Gasteiger charge is 2.38. The Bertz CT molecular complexity index is 1230. The number of hydrogen-bond acceptors (Lipinski definition) is 2. The van der Waals surface area contributed by atoms with Crippen LogP contribution in [-0.4, -0.2) is 19.3 Å². The summed E-state index contributed by atoms with van der Waals surface area (Å²) in [5.74, 6) is -1.15. The lowest BCUT2D eigenvalue weighted by Crippen LogP contribution is -2.39. The molecule has 3 fully saturated rings. The molecule has 0 N–H and O–H groups in total. The molecule has 0 atom stereocenters. The Balaban J connectivity index is 1.68. The Hall–Kier alpha value is -2.76. The van der Waals surface area contributed by atoms with E-state index in [1.165, 1.54) is 12.1 Å². The van der Waals surface area contributed by atoms with Crippen LogP contribution in [0.25, 0.3) is 32.7 Å². The summed E-state index contributed by atoms with van der Waals surface area (Å²) in [7, 11) is -0.457. The van der Waals surface area contributed by atoms with Crippen LogP contribution in [0.1, 0.15) is 25.7 Å². The lowest BCUT2D eigenvalue weighted by atomic mass is 9.71. The van der Waals surface area contributed by atoms with Gasteiger partial charge in [0.05, 0.1) is 0 Å². The number of fused-ring (bicyclic) bond motifs is 6.